The second kappa shape index (κ2) is 17.9. The largest absolute Gasteiger partial charge is 0.371 e. The van der Waals surface area contributed by atoms with Crippen LogP contribution >= 0.6 is 11.8 Å². The monoisotopic (exact) mass is 336 g/mol. The second-order valence-electron chi connectivity index (χ2n) is 3.34. The summed E-state index contributed by atoms with van der Waals surface area (Å²) in [5.74, 6) is 38.9. The van der Waals surface area contributed by atoms with Gasteiger partial charge in [0.05, 0.1) is 6.42 Å². The molecule has 3 heteroatoms. The summed E-state index contributed by atoms with van der Waals surface area (Å²) in [6, 6.07) is 0. The Hall–Kier alpha value is -4.14. The van der Waals surface area contributed by atoms with E-state index in [0.717, 1.165) is 0 Å². The summed E-state index contributed by atoms with van der Waals surface area (Å²) in [4.78, 5) is 11.1. The lowest BCUT2D eigenvalue weighted by atomic mass is 10.5. The Labute approximate surface area is 153 Å². The van der Waals surface area contributed by atoms with E-state index in [0.29, 0.717) is 12.2 Å². The van der Waals surface area contributed by atoms with Gasteiger partial charge in [-0.05, 0) is 53.6 Å². The number of hydrogen-bond acceptors (Lipinski definition) is 3. The van der Waals surface area contributed by atoms with Gasteiger partial charge in [0.2, 0.25) is 0 Å². The first-order valence-electron chi connectivity index (χ1n) is 6.45. The van der Waals surface area contributed by atoms with Crippen LogP contribution < -0.4 is 0 Å². The Balaban J connectivity index is 4.26. The van der Waals surface area contributed by atoms with E-state index in [4.69, 9.17) is 6.42 Å². The molecule has 0 unspecified atom stereocenters. The van der Waals surface area contributed by atoms with Gasteiger partial charge in [-0.15, -0.1) is 6.42 Å². The fourth-order valence-electron chi connectivity index (χ4n) is 0.787. The zero-order chi connectivity index (χ0) is 18.4. The van der Waals surface area contributed by atoms with Gasteiger partial charge in [0.15, 0.2) is 0 Å². The van der Waals surface area contributed by atoms with Crippen LogP contribution in [0.4, 0.5) is 0 Å². The molecule has 0 amide bonds. The van der Waals surface area contributed by atoms with Crippen LogP contribution in [0.2, 0.25) is 0 Å². The lowest BCUT2D eigenvalue weighted by Gasteiger charge is -1.92. The molecule has 2 nitrogen and oxygen atoms in total. The summed E-state index contributed by atoms with van der Waals surface area (Å²) in [5, 5.41) is 0. The van der Waals surface area contributed by atoms with Gasteiger partial charge >= 0.3 is 5.97 Å². The van der Waals surface area contributed by atoms with Crippen molar-refractivity contribution in [1.29, 1.82) is 0 Å². The fourth-order valence-corrected chi connectivity index (χ4v) is 1.16. The molecular formula is C22H8O2S. The zero-order valence-electron chi connectivity index (χ0n) is 13.2. The minimum absolute atomic E-state index is 0.316. The van der Waals surface area contributed by atoms with Crippen LogP contribution in [0.3, 0.4) is 0 Å². The van der Waals surface area contributed by atoms with Crippen LogP contribution in [0.5, 0.6) is 0 Å². The van der Waals surface area contributed by atoms with Gasteiger partial charge in [-0.3, -0.25) is 4.79 Å². The molecule has 0 aliphatic carbocycles. The minimum Gasteiger partial charge on any atom is -0.371 e. The van der Waals surface area contributed by atoms with Crippen LogP contribution in [-0.2, 0) is 9.53 Å². The molecule has 0 aliphatic rings. The van der Waals surface area contributed by atoms with E-state index in [-0.39, 0.29) is 5.97 Å². The highest BCUT2D eigenvalue weighted by Crippen LogP contribution is 1.96. The van der Waals surface area contributed by atoms with Gasteiger partial charge in [-0.1, -0.05) is 0 Å². The van der Waals surface area contributed by atoms with E-state index in [9.17, 15) is 4.79 Å². The average molecular weight is 336 g/mol. The highest BCUT2D eigenvalue weighted by molar-refractivity contribution is 7.98. The first-order valence-corrected chi connectivity index (χ1v) is 7.85. The highest BCUT2D eigenvalue weighted by Gasteiger charge is 1.98. The summed E-state index contributed by atoms with van der Waals surface area (Å²) in [6.45, 7) is 0. The number of ether oxygens (including phenoxy) is 1. The molecule has 0 saturated heterocycles. The van der Waals surface area contributed by atoms with E-state index >= 15 is 0 Å². The lowest BCUT2D eigenvalue weighted by molar-refractivity contribution is -0.136. The van der Waals surface area contributed by atoms with Crippen molar-refractivity contribution in [2.24, 2.45) is 0 Å². The molecule has 0 rings (SSSR count). The Morgan fingerprint density at radius 1 is 0.760 bits per heavy atom. The van der Waals surface area contributed by atoms with Crippen molar-refractivity contribution in [2.45, 2.75) is 6.42 Å². The normalized spacial score (nSPS) is 5.44. The van der Waals surface area contributed by atoms with Crippen molar-refractivity contribution in [3.8, 4) is 107 Å². The molecule has 0 spiro atoms. The molecular weight excluding hydrogens is 328 g/mol. The van der Waals surface area contributed by atoms with Crippen molar-refractivity contribution in [2.75, 3.05) is 12.0 Å². The van der Waals surface area contributed by atoms with Crippen LogP contribution in [0.1, 0.15) is 6.42 Å². The van der Waals surface area contributed by atoms with Crippen LogP contribution in [-0.4, -0.2) is 18.0 Å². The number of carbonyl (C=O) groups excluding carboxylic acids is 1. The van der Waals surface area contributed by atoms with Crippen molar-refractivity contribution in [1.82, 2.24) is 0 Å². The number of hydrogen-bond donors (Lipinski definition) is 0. The Morgan fingerprint density at radius 2 is 1.16 bits per heavy atom. The molecule has 0 aromatic heterocycles. The first-order chi connectivity index (χ1) is 12.3. The summed E-state index contributed by atoms with van der Waals surface area (Å²) >= 11 is 1.55. The number of rotatable bonds is 3. The molecule has 0 heterocycles. The predicted molar refractivity (Wildman–Crippen MR) is 100 cm³/mol. The molecule has 0 aromatic carbocycles. The minimum atomic E-state index is -0.381. The zero-order valence-corrected chi connectivity index (χ0v) is 14.0. The number of carbonyl (C=O) groups is 1. The fraction of sp³-hybridized carbons (Fsp3) is 0.136. The first kappa shape index (κ1) is 20.9. The Bertz CT molecular complexity index is 1030. The maximum atomic E-state index is 11.1. The van der Waals surface area contributed by atoms with Crippen LogP contribution in [0.25, 0.3) is 0 Å². The topological polar surface area (TPSA) is 26.3 Å². The van der Waals surface area contributed by atoms with Crippen molar-refractivity contribution in [3.63, 3.8) is 0 Å². The molecule has 0 aromatic rings. The molecule has 114 valence electrons. The third-order valence-corrected chi connectivity index (χ3v) is 2.29. The molecule has 0 radical (unpaired) electrons. The van der Waals surface area contributed by atoms with E-state index < -0.39 is 0 Å². The van der Waals surface area contributed by atoms with Gasteiger partial charge in [-0.25, -0.2) is 0 Å². The third kappa shape index (κ3) is 17.8. The third-order valence-electron chi connectivity index (χ3n) is 1.67. The summed E-state index contributed by atoms with van der Waals surface area (Å²) in [6.07, 6.45) is 9.31. The molecule has 0 aliphatic heterocycles. The quantitative estimate of drug-likeness (QED) is 0.566. The molecule has 0 fully saturated rings. The summed E-state index contributed by atoms with van der Waals surface area (Å²) in [7, 11) is 0. The summed E-state index contributed by atoms with van der Waals surface area (Å²) < 4.78 is 4.61. The van der Waals surface area contributed by atoms with Crippen molar-refractivity contribution < 1.29 is 9.53 Å². The molecule has 0 saturated carbocycles. The van der Waals surface area contributed by atoms with Gasteiger partial charge < -0.3 is 4.74 Å². The van der Waals surface area contributed by atoms with Gasteiger partial charge in [0.1, 0.15) is 6.11 Å². The molecule has 0 bridgehead atoms. The summed E-state index contributed by atoms with van der Waals surface area (Å²) in [5.41, 5.74) is 0. The highest BCUT2D eigenvalue weighted by atomic mass is 32.2. The average Bonchev–Trinajstić information content (AvgIpc) is 2.62. The molecule has 25 heavy (non-hydrogen) atoms. The predicted octanol–water partition coefficient (Wildman–Crippen LogP) is 0.901. The maximum Gasteiger partial charge on any atom is 0.320 e. The van der Waals surface area contributed by atoms with Gasteiger partial charge in [0.25, 0.3) is 0 Å². The standard InChI is InChI=1S/C22H8O2S/c1-3-4-5-6-7-8-9-10-11-12-13-14-15-16-17-18-20-24-22(23)19-21-25-2/h1H,19,21H2,2H3. The number of thioether (sulfide) groups is 1. The van der Waals surface area contributed by atoms with Gasteiger partial charge in [-0.2, -0.15) is 11.8 Å². The Kier molecular flexibility index (Phi) is 14.9. The van der Waals surface area contributed by atoms with E-state index in [1.807, 2.05) is 6.26 Å². The van der Waals surface area contributed by atoms with Crippen LogP contribution in [0, 0.1) is 107 Å². The lowest BCUT2D eigenvalue weighted by Crippen LogP contribution is -2.00. The smallest absolute Gasteiger partial charge is 0.320 e. The number of esters is 1. The SMILES string of the molecule is C#CC#CC#CC#CC#CC#CC#CC#CC#COC(=O)CCSC. The van der Waals surface area contributed by atoms with Crippen molar-refractivity contribution >= 4 is 17.7 Å². The van der Waals surface area contributed by atoms with E-state index in [1.165, 1.54) is 0 Å². The number of terminal acetylenes is 1. The Morgan fingerprint density at radius 3 is 1.56 bits per heavy atom. The van der Waals surface area contributed by atoms with Crippen LogP contribution in [0.15, 0.2) is 0 Å². The molecule has 0 atom stereocenters. The van der Waals surface area contributed by atoms with E-state index in [2.05, 4.69) is 106 Å². The van der Waals surface area contributed by atoms with Crippen molar-refractivity contribution in [3.05, 3.63) is 0 Å². The maximum absolute atomic E-state index is 11.1. The van der Waals surface area contributed by atoms with E-state index in [1.54, 1.807) is 11.8 Å². The second-order valence-corrected chi connectivity index (χ2v) is 4.32. The van der Waals surface area contributed by atoms with Gasteiger partial charge in [0, 0.05) is 53.1 Å². The molecule has 0 N–H and O–H groups in total.